The monoisotopic (exact) mass is 235 g/mol. The number of halogens is 1. The Kier molecular flexibility index (Phi) is 3.27. The quantitative estimate of drug-likeness (QED) is 0.887. The Balaban J connectivity index is 2.43. The third kappa shape index (κ3) is 2.10. The van der Waals surface area contributed by atoms with E-state index in [0.717, 1.165) is 28.3 Å². The maximum atomic E-state index is 5.86. The number of benzene rings is 1. The van der Waals surface area contributed by atoms with Crippen LogP contribution in [0.5, 0.6) is 0 Å². The van der Waals surface area contributed by atoms with Gasteiger partial charge in [0.15, 0.2) is 0 Å². The second-order valence-corrected chi connectivity index (χ2v) is 4.11. The number of aromatic nitrogens is 2. The summed E-state index contributed by atoms with van der Waals surface area (Å²) < 4.78 is 1.87. The summed E-state index contributed by atoms with van der Waals surface area (Å²) in [5, 5.41) is 5.01. The normalized spacial score (nSPS) is 10.7. The van der Waals surface area contributed by atoms with Gasteiger partial charge in [-0.25, -0.2) is 0 Å². The molecule has 0 unspecified atom stereocenters. The Labute approximate surface area is 99.8 Å². The summed E-state index contributed by atoms with van der Waals surface area (Å²) in [5.41, 5.74) is 9.01. The molecule has 2 rings (SSSR count). The van der Waals surface area contributed by atoms with Gasteiger partial charge in [-0.05, 0) is 24.2 Å². The first-order chi connectivity index (χ1) is 7.72. The number of rotatable bonds is 3. The lowest BCUT2D eigenvalue weighted by Crippen LogP contribution is -2.08. The summed E-state index contributed by atoms with van der Waals surface area (Å²) in [6, 6.07) is 7.77. The highest BCUT2D eigenvalue weighted by molar-refractivity contribution is 6.30. The van der Waals surface area contributed by atoms with Crippen LogP contribution >= 0.6 is 11.6 Å². The summed E-state index contributed by atoms with van der Waals surface area (Å²) in [6.07, 6.45) is 2.70. The lowest BCUT2D eigenvalue weighted by molar-refractivity contribution is 0.707. The average molecular weight is 236 g/mol. The minimum atomic E-state index is 0.625. The number of nitrogens with two attached hydrogens (primary N) is 1. The van der Waals surface area contributed by atoms with Crippen molar-refractivity contribution in [1.82, 2.24) is 9.78 Å². The van der Waals surface area contributed by atoms with Gasteiger partial charge in [-0.2, -0.15) is 5.10 Å². The van der Waals surface area contributed by atoms with Crippen LogP contribution < -0.4 is 5.73 Å². The van der Waals surface area contributed by atoms with Crippen molar-refractivity contribution in [1.29, 1.82) is 0 Å². The maximum Gasteiger partial charge on any atom is 0.0571 e. The molecule has 0 fully saturated rings. The molecule has 4 heteroatoms. The van der Waals surface area contributed by atoms with E-state index in [1.165, 1.54) is 0 Å². The molecule has 1 heterocycles. The van der Waals surface area contributed by atoms with Gasteiger partial charge in [-0.15, -0.1) is 0 Å². The van der Waals surface area contributed by atoms with Crippen LogP contribution in [0.2, 0.25) is 5.02 Å². The molecule has 1 aromatic heterocycles. The Morgan fingerprint density at radius 3 is 2.62 bits per heavy atom. The predicted octanol–water partition coefficient (Wildman–Crippen LogP) is 2.24. The van der Waals surface area contributed by atoms with Gasteiger partial charge >= 0.3 is 0 Å². The second-order valence-electron chi connectivity index (χ2n) is 3.67. The minimum absolute atomic E-state index is 0.625. The first kappa shape index (κ1) is 11.2. The molecule has 0 saturated carbocycles. The minimum Gasteiger partial charge on any atom is -0.330 e. The molecule has 1 aromatic carbocycles. The third-order valence-electron chi connectivity index (χ3n) is 2.60. The van der Waals surface area contributed by atoms with Crippen LogP contribution in [0.3, 0.4) is 0 Å². The van der Waals surface area contributed by atoms with Gasteiger partial charge in [0, 0.05) is 29.7 Å². The molecular formula is C12H14ClN3. The largest absolute Gasteiger partial charge is 0.330 e. The smallest absolute Gasteiger partial charge is 0.0571 e. The van der Waals surface area contributed by atoms with Crippen LogP contribution in [-0.2, 0) is 13.5 Å². The Hall–Kier alpha value is -1.32. The zero-order valence-corrected chi connectivity index (χ0v) is 9.91. The molecule has 0 bridgehead atoms. The fraction of sp³-hybridized carbons (Fsp3) is 0.250. The molecule has 0 aliphatic heterocycles. The summed E-state index contributed by atoms with van der Waals surface area (Å²) in [5.74, 6) is 0. The molecule has 3 nitrogen and oxygen atoms in total. The molecule has 0 amide bonds. The Bertz CT molecular complexity index is 474. The standard InChI is InChI=1S/C12H14ClN3/c1-16-12(6-7-14)11(8-15-16)9-2-4-10(13)5-3-9/h2-5,8H,6-7,14H2,1H3. The van der Waals surface area contributed by atoms with Gasteiger partial charge in [-0.1, -0.05) is 23.7 Å². The van der Waals surface area contributed by atoms with Crippen LogP contribution in [0.15, 0.2) is 30.5 Å². The van der Waals surface area contributed by atoms with Crippen molar-refractivity contribution in [2.75, 3.05) is 6.54 Å². The van der Waals surface area contributed by atoms with E-state index in [1.807, 2.05) is 42.2 Å². The van der Waals surface area contributed by atoms with Crippen molar-refractivity contribution >= 4 is 11.6 Å². The third-order valence-corrected chi connectivity index (χ3v) is 2.85. The molecule has 2 N–H and O–H groups in total. The summed E-state index contributed by atoms with van der Waals surface area (Å²) >= 11 is 5.86. The highest BCUT2D eigenvalue weighted by Crippen LogP contribution is 2.24. The maximum absolute atomic E-state index is 5.86. The zero-order valence-electron chi connectivity index (χ0n) is 9.15. The highest BCUT2D eigenvalue weighted by Gasteiger charge is 2.09. The first-order valence-electron chi connectivity index (χ1n) is 5.19. The zero-order chi connectivity index (χ0) is 11.5. The summed E-state index contributed by atoms with van der Waals surface area (Å²) in [6.45, 7) is 0.625. The van der Waals surface area contributed by atoms with Gasteiger partial charge < -0.3 is 5.73 Å². The molecule has 0 saturated heterocycles. The molecule has 2 aromatic rings. The van der Waals surface area contributed by atoms with E-state index >= 15 is 0 Å². The molecule has 0 aliphatic carbocycles. The number of hydrogen-bond acceptors (Lipinski definition) is 2. The summed E-state index contributed by atoms with van der Waals surface area (Å²) in [4.78, 5) is 0. The number of hydrogen-bond donors (Lipinski definition) is 1. The molecule has 0 radical (unpaired) electrons. The Morgan fingerprint density at radius 2 is 2.00 bits per heavy atom. The van der Waals surface area contributed by atoms with Gasteiger partial charge in [-0.3, -0.25) is 4.68 Å². The molecule has 16 heavy (non-hydrogen) atoms. The van der Waals surface area contributed by atoms with Crippen molar-refractivity contribution in [3.8, 4) is 11.1 Å². The lowest BCUT2D eigenvalue weighted by atomic mass is 10.1. The van der Waals surface area contributed by atoms with E-state index in [0.29, 0.717) is 6.54 Å². The predicted molar refractivity (Wildman–Crippen MR) is 66.4 cm³/mol. The molecule has 0 atom stereocenters. The van der Waals surface area contributed by atoms with Crippen LogP contribution in [-0.4, -0.2) is 16.3 Å². The fourth-order valence-corrected chi connectivity index (χ4v) is 1.89. The van der Waals surface area contributed by atoms with Gasteiger partial charge in [0.25, 0.3) is 0 Å². The SMILES string of the molecule is Cn1ncc(-c2ccc(Cl)cc2)c1CCN. The van der Waals surface area contributed by atoms with Gasteiger partial charge in [0.1, 0.15) is 0 Å². The van der Waals surface area contributed by atoms with E-state index in [1.54, 1.807) is 0 Å². The lowest BCUT2D eigenvalue weighted by Gasteiger charge is -2.04. The van der Waals surface area contributed by atoms with E-state index in [2.05, 4.69) is 5.10 Å². The van der Waals surface area contributed by atoms with Crippen LogP contribution in [0.1, 0.15) is 5.69 Å². The number of aryl methyl sites for hydroxylation is 1. The van der Waals surface area contributed by atoms with Gasteiger partial charge in [0.2, 0.25) is 0 Å². The van der Waals surface area contributed by atoms with Crippen molar-refractivity contribution < 1.29 is 0 Å². The van der Waals surface area contributed by atoms with E-state index < -0.39 is 0 Å². The van der Waals surface area contributed by atoms with Crippen molar-refractivity contribution in [3.05, 3.63) is 41.2 Å². The highest BCUT2D eigenvalue weighted by atomic mass is 35.5. The van der Waals surface area contributed by atoms with Crippen molar-refractivity contribution in [2.24, 2.45) is 12.8 Å². The molecule has 0 spiro atoms. The van der Waals surface area contributed by atoms with Crippen molar-refractivity contribution in [3.63, 3.8) is 0 Å². The molecule has 0 aliphatic rings. The number of nitrogens with zero attached hydrogens (tertiary/aromatic N) is 2. The fourth-order valence-electron chi connectivity index (χ4n) is 1.77. The molecule has 84 valence electrons. The Morgan fingerprint density at radius 1 is 1.31 bits per heavy atom. The topological polar surface area (TPSA) is 43.8 Å². The van der Waals surface area contributed by atoms with E-state index in [4.69, 9.17) is 17.3 Å². The van der Waals surface area contributed by atoms with E-state index in [-0.39, 0.29) is 0 Å². The van der Waals surface area contributed by atoms with Crippen molar-refractivity contribution in [2.45, 2.75) is 6.42 Å². The van der Waals surface area contributed by atoms with Gasteiger partial charge in [0.05, 0.1) is 6.20 Å². The molecular weight excluding hydrogens is 222 g/mol. The first-order valence-corrected chi connectivity index (χ1v) is 5.57. The summed E-state index contributed by atoms with van der Waals surface area (Å²) in [7, 11) is 1.93. The van der Waals surface area contributed by atoms with E-state index in [9.17, 15) is 0 Å². The van der Waals surface area contributed by atoms with Crippen LogP contribution in [0.25, 0.3) is 11.1 Å². The van der Waals surface area contributed by atoms with Crippen LogP contribution in [0, 0.1) is 0 Å². The second kappa shape index (κ2) is 4.68. The average Bonchev–Trinajstić information content (AvgIpc) is 2.63. The van der Waals surface area contributed by atoms with Crippen LogP contribution in [0.4, 0.5) is 0 Å².